The SMILES string of the molecule is CCCCC(CCC)NC(=O)C1CCCCC1. The number of amides is 1. The van der Waals surface area contributed by atoms with Crippen LogP contribution < -0.4 is 5.32 Å². The summed E-state index contributed by atoms with van der Waals surface area (Å²) in [6.45, 7) is 4.41. The molecule has 0 aliphatic heterocycles. The number of carbonyl (C=O) groups is 1. The fourth-order valence-electron chi connectivity index (χ4n) is 2.77. The minimum absolute atomic E-state index is 0.310. The maximum absolute atomic E-state index is 12.1. The average Bonchev–Trinajstić information content (AvgIpc) is 2.37. The van der Waals surface area contributed by atoms with Crippen molar-refractivity contribution in [3.63, 3.8) is 0 Å². The van der Waals surface area contributed by atoms with Crippen molar-refractivity contribution in [2.24, 2.45) is 5.92 Å². The van der Waals surface area contributed by atoms with Gasteiger partial charge in [0.05, 0.1) is 0 Å². The van der Waals surface area contributed by atoms with E-state index in [1.165, 1.54) is 38.5 Å². The van der Waals surface area contributed by atoms with Crippen LogP contribution in [0, 0.1) is 5.92 Å². The minimum Gasteiger partial charge on any atom is -0.353 e. The van der Waals surface area contributed by atoms with Crippen LogP contribution in [0.2, 0.25) is 0 Å². The van der Waals surface area contributed by atoms with E-state index in [-0.39, 0.29) is 0 Å². The average molecular weight is 239 g/mol. The van der Waals surface area contributed by atoms with Gasteiger partial charge in [-0.15, -0.1) is 0 Å². The van der Waals surface area contributed by atoms with E-state index >= 15 is 0 Å². The molecular formula is C15H29NO. The number of hydrogen-bond acceptors (Lipinski definition) is 1. The molecule has 0 heterocycles. The molecule has 0 saturated heterocycles. The molecule has 0 aromatic carbocycles. The molecule has 0 aromatic rings. The molecule has 2 nitrogen and oxygen atoms in total. The van der Waals surface area contributed by atoms with E-state index < -0.39 is 0 Å². The van der Waals surface area contributed by atoms with Crippen LogP contribution in [0.5, 0.6) is 0 Å². The van der Waals surface area contributed by atoms with Crippen molar-refractivity contribution in [1.29, 1.82) is 0 Å². The highest BCUT2D eigenvalue weighted by Crippen LogP contribution is 2.24. The van der Waals surface area contributed by atoms with Crippen LogP contribution in [0.15, 0.2) is 0 Å². The van der Waals surface area contributed by atoms with Crippen molar-refractivity contribution in [3.05, 3.63) is 0 Å². The molecule has 1 saturated carbocycles. The topological polar surface area (TPSA) is 29.1 Å². The number of unbranched alkanes of at least 4 members (excludes halogenated alkanes) is 1. The van der Waals surface area contributed by atoms with Crippen molar-refractivity contribution in [2.45, 2.75) is 84.1 Å². The third-order valence-corrected chi connectivity index (χ3v) is 3.87. The first-order chi connectivity index (χ1) is 8.27. The molecule has 0 aromatic heterocycles. The molecular weight excluding hydrogens is 210 g/mol. The van der Waals surface area contributed by atoms with E-state index in [0.29, 0.717) is 17.9 Å². The third kappa shape index (κ3) is 5.56. The van der Waals surface area contributed by atoms with Crippen LogP contribution in [0.3, 0.4) is 0 Å². The molecule has 1 aliphatic rings. The summed E-state index contributed by atoms with van der Waals surface area (Å²) < 4.78 is 0. The van der Waals surface area contributed by atoms with E-state index in [4.69, 9.17) is 0 Å². The van der Waals surface area contributed by atoms with Gasteiger partial charge in [-0.05, 0) is 25.7 Å². The summed E-state index contributed by atoms with van der Waals surface area (Å²) in [6.07, 6.45) is 11.9. The Morgan fingerprint density at radius 3 is 2.41 bits per heavy atom. The maximum atomic E-state index is 12.1. The summed E-state index contributed by atoms with van der Waals surface area (Å²) in [5.74, 6) is 0.643. The number of carbonyl (C=O) groups excluding carboxylic acids is 1. The maximum Gasteiger partial charge on any atom is 0.223 e. The Balaban J connectivity index is 2.33. The second kappa shape index (κ2) is 8.54. The molecule has 1 unspecified atom stereocenters. The smallest absolute Gasteiger partial charge is 0.223 e. The fourth-order valence-corrected chi connectivity index (χ4v) is 2.77. The summed E-state index contributed by atoms with van der Waals surface area (Å²) in [6, 6.07) is 0.425. The first-order valence-electron chi connectivity index (χ1n) is 7.58. The lowest BCUT2D eigenvalue weighted by Gasteiger charge is -2.24. The number of rotatable bonds is 7. The van der Waals surface area contributed by atoms with E-state index in [2.05, 4.69) is 19.2 Å². The summed E-state index contributed by atoms with van der Waals surface area (Å²) in [5.41, 5.74) is 0. The zero-order valence-electron chi connectivity index (χ0n) is 11.6. The minimum atomic E-state index is 0.310. The summed E-state index contributed by atoms with van der Waals surface area (Å²) in [4.78, 5) is 12.1. The monoisotopic (exact) mass is 239 g/mol. The van der Waals surface area contributed by atoms with Crippen molar-refractivity contribution < 1.29 is 4.79 Å². The van der Waals surface area contributed by atoms with Crippen molar-refractivity contribution in [1.82, 2.24) is 5.32 Å². The lowest BCUT2D eigenvalue weighted by atomic mass is 9.88. The standard InChI is InChI=1S/C15H29NO/c1-3-5-12-14(9-4-2)16-15(17)13-10-7-6-8-11-13/h13-14H,3-12H2,1-2H3,(H,16,17). The van der Waals surface area contributed by atoms with Gasteiger partial charge in [0.25, 0.3) is 0 Å². The van der Waals surface area contributed by atoms with Crippen LogP contribution in [0.1, 0.15) is 78.1 Å². The van der Waals surface area contributed by atoms with Crippen LogP contribution >= 0.6 is 0 Å². The molecule has 0 radical (unpaired) electrons. The molecule has 1 rings (SSSR count). The molecule has 1 N–H and O–H groups in total. The summed E-state index contributed by atoms with van der Waals surface area (Å²) in [7, 11) is 0. The largest absolute Gasteiger partial charge is 0.353 e. The van der Waals surface area contributed by atoms with Crippen LogP contribution in [-0.4, -0.2) is 11.9 Å². The molecule has 0 spiro atoms. The quantitative estimate of drug-likeness (QED) is 0.713. The van der Waals surface area contributed by atoms with Gasteiger partial charge in [-0.3, -0.25) is 4.79 Å². The summed E-state index contributed by atoms with van der Waals surface area (Å²) >= 11 is 0. The van der Waals surface area contributed by atoms with E-state index in [1.807, 2.05) is 0 Å². The van der Waals surface area contributed by atoms with Gasteiger partial charge in [0.15, 0.2) is 0 Å². The first kappa shape index (κ1) is 14.5. The van der Waals surface area contributed by atoms with E-state index in [1.54, 1.807) is 0 Å². The van der Waals surface area contributed by atoms with Crippen LogP contribution in [-0.2, 0) is 4.79 Å². The normalized spacial score (nSPS) is 18.9. The Morgan fingerprint density at radius 1 is 1.12 bits per heavy atom. The highest BCUT2D eigenvalue weighted by atomic mass is 16.1. The fraction of sp³-hybridized carbons (Fsp3) is 0.933. The molecule has 2 heteroatoms. The molecule has 1 atom stereocenters. The lowest BCUT2D eigenvalue weighted by Crippen LogP contribution is -2.39. The molecule has 1 amide bonds. The van der Waals surface area contributed by atoms with Gasteiger partial charge in [0.1, 0.15) is 0 Å². The van der Waals surface area contributed by atoms with Crippen molar-refractivity contribution >= 4 is 5.91 Å². The second-order valence-electron chi connectivity index (χ2n) is 5.47. The van der Waals surface area contributed by atoms with E-state index in [9.17, 15) is 4.79 Å². The number of nitrogens with one attached hydrogen (secondary N) is 1. The molecule has 1 fully saturated rings. The van der Waals surface area contributed by atoms with Gasteiger partial charge in [-0.1, -0.05) is 52.4 Å². The Labute approximate surface area is 107 Å². The molecule has 17 heavy (non-hydrogen) atoms. The van der Waals surface area contributed by atoms with E-state index in [0.717, 1.165) is 25.7 Å². The van der Waals surface area contributed by atoms with Gasteiger partial charge in [0.2, 0.25) is 5.91 Å². The van der Waals surface area contributed by atoms with Crippen molar-refractivity contribution in [2.75, 3.05) is 0 Å². The van der Waals surface area contributed by atoms with Gasteiger partial charge in [-0.25, -0.2) is 0 Å². The summed E-state index contributed by atoms with van der Waals surface area (Å²) in [5, 5.41) is 3.28. The Bertz CT molecular complexity index is 209. The van der Waals surface area contributed by atoms with Gasteiger partial charge in [0, 0.05) is 12.0 Å². The molecule has 100 valence electrons. The zero-order valence-corrected chi connectivity index (χ0v) is 11.6. The number of hydrogen-bond donors (Lipinski definition) is 1. The van der Waals surface area contributed by atoms with Crippen LogP contribution in [0.4, 0.5) is 0 Å². The highest BCUT2D eigenvalue weighted by Gasteiger charge is 2.22. The Morgan fingerprint density at radius 2 is 1.82 bits per heavy atom. The van der Waals surface area contributed by atoms with Gasteiger partial charge in [-0.2, -0.15) is 0 Å². The molecule has 1 aliphatic carbocycles. The van der Waals surface area contributed by atoms with Crippen molar-refractivity contribution in [3.8, 4) is 0 Å². The van der Waals surface area contributed by atoms with Crippen LogP contribution in [0.25, 0.3) is 0 Å². The lowest BCUT2D eigenvalue weighted by molar-refractivity contribution is -0.126. The zero-order chi connectivity index (χ0) is 12.5. The Kier molecular flexibility index (Phi) is 7.30. The highest BCUT2D eigenvalue weighted by molar-refractivity contribution is 5.78. The third-order valence-electron chi connectivity index (χ3n) is 3.87. The van der Waals surface area contributed by atoms with Gasteiger partial charge >= 0.3 is 0 Å². The van der Waals surface area contributed by atoms with Gasteiger partial charge < -0.3 is 5.32 Å². The second-order valence-corrected chi connectivity index (χ2v) is 5.47. The Hall–Kier alpha value is -0.530. The predicted octanol–water partition coefficient (Wildman–Crippen LogP) is 4.04. The first-order valence-corrected chi connectivity index (χ1v) is 7.58. The molecule has 0 bridgehead atoms. The predicted molar refractivity (Wildman–Crippen MR) is 72.9 cm³/mol.